The van der Waals surface area contributed by atoms with E-state index in [9.17, 15) is 4.79 Å². The van der Waals surface area contributed by atoms with E-state index in [1.165, 1.54) is 6.42 Å². The van der Waals surface area contributed by atoms with Crippen molar-refractivity contribution in [3.8, 4) is 5.75 Å². The summed E-state index contributed by atoms with van der Waals surface area (Å²) in [6.07, 6.45) is 3.46. The molecule has 1 fully saturated rings. The number of hydrogen-bond acceptors (Lipinski definition) is 6. The Morgan fingerprint density at radius 1 is 1.31 bits per heavy atom. The van der Waals surface area contributed by atoms with Crippen LogP contribution in [0, 0.1) is 5.92 Å². The van der Waals surface area contributed by atoms with E-state index < -0.39 is 0 Å². The van der Waals surface area contributed by atoms with E-state index in [1.807, 2.05) is 29.7 Å². The number of carbonyl (C=O) groups excluding carboxylic acids is 1. The molecule has 32 heavy (non-hydrogen) atoms. The van der Waals surface area contributed by atoms with Gasteiger partial charge in [0.2, 0.25) is 11.9 Å². The molecule has 0 unspecified atom stereocenters. The molecule has 5 rings (SSSR count). The van der Waals surface area contributed by atoms with Crippen LogP contribution in [0.25, 0.3) is 0 Å². The number of carbonyl (C=O) groups is 1. The lowest BCUT2D eigenvalue weighted by Gasteiger charge is -2.32. The highest BCUT2D eigenvalue weighted by Gasteiger charge is 2.41. The van der Waals surface area contributed by atoms with Gasteiger partial charge in [-0.1, -0.05) is 13.0 Å². The maximum absolute atomic E-state index is 13.6. The maximum atomic E-state index is 13.6. The van der Waals surface area contributed by atoms with Gasteiger partial charge in [-0.15, -0.1) is 0 Å². The van der Waals surface area contributed by atoms with Gasteiger partial charge in [0.15, 0.2) is 11.5 Å². The van der Waals surface area contributed by atoms with Crippen LogP contribution in [-0.4, -0.2) is 59.1 Å². The zero-order valence-electron chi connectivity index (χ0n) is 18.8. The second-order valence-corrected chi connectivity index (χ2v) is 9.66. The van der Waals surface area contributed by atoms with E-state index in [2.05, 4.69) is 38.1 Å². The number of imidazole rings is 1. The first kappa shape index (κ1) is 21.3. The van der Waals surface area contributed by atoms with E-state index in [0.717, 1.165) is 52.9 Å². The molecule has 2 aliphatic heterocycles. The second kappa shape index (κ2) is 8.42. The molecule has 9 heteroatoms. The van der Waals surface area contributed by atoms with Gasteiger partial charge in [-0.25, -0.2) is 0 Å². The average Bonchev–Trinajstić information content (AvgIpc) is 3.49. The predicted molar refractivity (Wildman–Crippen MR) is 129 cm³/mol. The summed E-state index contributed by atoms with van der Waals surface area (Å²) in [5.74, 6) is 3.66. The van der Waals surface area contributed by atoms with Gasteiger partial charge in [-0.2, -0.15) is 4.98 Å². The largest absolute Gasteiger partial charge is 0.496 e. The molecule has 3 heterocycles. The molecule has 1 aromatic carbocycles. The molecule has 1 saturated carbocycles. The zero-order chi connectivity index (χ0) is 22.4. The average molecular weight is 501 g/mol. The van der Waals surface area contributed by atoms with Crippen LogP contribution in [0.5, 0.6) is 5.75 Å². The minimum Gasteiger partial charge on any atom is -0.496 e. The molecule has 3 aliphatic rings. The molecule has 2 aromatic rings. The van der Waals surface area contributed by atoms with Crippen molar-refractivity contribution >= 4 is 39.6 Å². The smallest absolute Gasteiger partial charge is 0.281 e. The Kier molecular flexibility index (Phi) is 5.61. The van der Waals surface area contributed by atoms with Crippen LogP contribution in [0.3, 0.4) is 0 Å². The number of aromatic nitrogens is 2. The molecule has 1 aliphatic carbocycles. The number of fused-ring (bicyclic) bond motifs is 3. The molecule has 1 aromatic heterocycles. The number of nitrogens with one attached hydrogen (secondary N) is 1. The van der Waals surface area contributed by atoms with Crippen molar-refractivity contribution < 1.29 is 9.53 Å². The Labute approximate surface area is 196 Å². The van der Waals surface area contributed by atoms with Crippen LogP contribution in [0.4, 0.5) is 11.8 Å². The summed E-state index contributed by atoms with van der Waals surface area (Å²) in [6, 6.07) is 6.39. The standard InChI is InChI=1S/C23H29BrN6O2/c1-4-28-21(31)19-20(29-10-9-25-23(28)29)27-22(26-16-7-5-14(2)11-16)30(19)13-15-6-8-18(32-3)17(24)12-15/h6,8,12,14,16H,4-5,7,9-11,13H2,1-3H3,(H,26,27)/t14-,16+/m0/s1. The monoisotopic (exact) mass is 500 g/mol. The van der Waals surface area contributed by atoms with Crippen LogP contribution < -0.4 is 15.0 Å². The number of halogens is 1. The van der Waals surface area contributed by atoms with E-state index in [1.54, 1.807) is 12.0 Å². The van der Waals surface area contributed by atoms with Crippen LogP contribution in [0.1, 0.15) is 49.2 Å². The highest BCUT2D eigenvalue weighted by Crippen LogP contribution is 2.36. The van der Waals surface area contributed by atoms with Crippen molar-refractivity contribution in [2.24, 2.45) is 10.9 Å². The molecule has 170 valence electrons. The lowest BCUT2D eigenvalue weighted by Crippen LogP contribution is -2.50. The van der Waals surface area contributed by atoms with Gasteiger partial charge >= 0.3 is 0 Å². The van der Waals surface area contributed by atoms with E-state index in [4.69, 9.17) is 9.72 Å². The van der Waals surface area contributed by atoms with Crippen molar-refractivity contribution in [1.29, 1.82) is 0 Å². The first-order valence-electron chi connectivity index (χ1n) is 11.3. The summed E-state index contributed by atoms with van der Waals surface area (Å²) in [5.41, 5.74) is 1.70. The molecule has 0 bridgehead atoms. The number of hydrogen-bond donors (Lipinski definition) is 1. The van der Waals surface area contributed by atoms with Crippen molar-refractivity contribution in [3.05, 3.63) is 33.9 Å². The third-order valence-corrected chi connectivity index (χ3v) is 7.23. The van der Waals surface area contributed by atoms with Crippen LogP contribution in [-0.2, 0) is 6.54 Å². The molecule has 2 atom stereocenters. The van der Waals surface area contributed by atoms with Gasteiger partial charge in [0.25, 0.3) is 5.91 Å². The second-order valence-electron chi connectivity index (χ2n) is 8.80. The van der Waals surface area contributed by atoms with E-state index in [-0.39, 0.29) is 5.91 Å². The van der Waals surface area contributed by atoms with Crippen LogP contribution in [0.2, 0.25) is 0 Å². The third kappa shape index (κ3) is 3.56. The fraction of sp³-hybridized carbons (Fsp3) is 0.522. The van der Waals surface area contributed by atoms with E-state index >= 15 is 0 Å². The number of benzene rings is 1. The van der Waals surface area contributed by atoms with Crippen LogP contribution in [0.15, 0.2) is 27.7 Å². The summed E-state index contributed by atoms with van der Waals surface area (Å²) in [4.78, 5) is 27.0. The number of ether oxygens (including phenoxy) is 1. The summed E-state index contributed by atoms with van der Waals surface area (Å²) in [5, 5.41) is 3.67. The lowest BCUT2D eigenvalue weighted by molar-refractivity contribution is 0.0836. The Bertz CT molecular complexity index is 1080. The normalized spacial score (nSPS) is 22.1. The van der Waals surface area contributed by atoms with E-state index in [0.29, 0.717) is 37.3 Å². The summed E-state index contributed by atoms with van der Waals surface area (Å²) < 4.78 is 8.32. The minimum atomic E-state index is -0.0349. The Morgan fingerprint density at radius 3 is 2.84 bits per heavy atom. The zero-order valence-corrected chi connectivity index (χ0v) is 20.4. The molecule has 0 saturated heterocycles. The number of guanidine groups is 1. The number of nitrogens with zero attached hydrogens (tertiary/aromatic N) is 5. The third-order valence-electron chi connectivity index (χ3n) is 6.61. The molecule has 0 radical (unpaired) electrons. The lowest BCUT2D eigenvalue weighted by atomic mass is 10.1. The maximum Gasteiger partial charge on any atom is 0.281 e. The Hall–Kier alpha value is -2.55. The topological polar surface area (TPSA) is 75.0 Å². The predicted octanol–water partition coefficient (Wildman–Crippen LogP) is 3.95. The summed E-state index contributed by atoms with van der Waals surface area (Å²) in [7, 11) is 1.66. The SMILES string of the molecule is CCN1C(=O)c2c(nc(N[C@@H]3CC[C@H](C)C3)n2Cc2ccc(OC)c(Br)c2)N2CCN=C12. The van der Waals surface area contributed by atoms with Crippen molar-refractivity contribution in [3.63, 3.8) is 0 Å². The highest BCUT2D eigenvalue weighted by atomic mass is 79.9. The minimum absolute atomic E-state index is 0.0349. The van der Waals surface area contributed by atoms with Gasteiger partial charge in [-0.05, 0) is 65.7 Å². The highest BCUT2D eigenvalue weighted by molar-refractivity contribution is 9.10. The number of aliphatic imine (C=N–C) groups is 1. The Morgan fingerprint density at radius 2 is 2.16 bits per heavy atom. The molecule has 1 N–H and O–H groups in total. The molecule has 8 nitrogen and oxygen atoms in total. The first-order chi connectivity index (χ1) is 15.5. The fourth-order valence-electron chi connectivity index (χ4n) is 4.99. The Balaban J connectivity index is 1.58. The molecular formula is C23H29BrN6O2. The molecule has 0 spiro atoms. The van der Waals surface area contributed by atoms with Gasteiger partial charge in [0, 0.05) is 19.1 Å². The number of rotatable bonds is 6. The number of methoxy groups -OCH3 is 1. The van der Waals surface area contributed by atoms with Gasteiger partial charge in [0.05, 0.1) is 24.7 Å². The number of anilines is 2. The summed E-state index contributed by atoms with van der Waals surface area (Å²) >= 11 is 3.59. The summed E-state index contributed by atoms with van der Waals surface area (Å²) in [6.45, 7) is 6.83. The molecular weight excluding hydrogens is 472 g/mol. The van der Waals surface area contributed by atoms with Crippen LogP contribution >= 0.6 is 15.9 Å². The fourth-order valence-corrected chi connectivity index (χ4v) is 5.57. The number of amides is 1. The van der Waals surface area contributed by atoms with Gasteiger partial charge in [0.1, 0.15) is 5.75 Å². The van der Waals surface area contributed by atoms with Crippen molar-refractivity contribution in [1.82, 2.24) is 14.5 Å². The van der Waals surface area contributed by atoms with Crippen molar-refractivity contribution in [2.75, 3.05) is 37.0 Å². The van der Waals surface area contributed by atoms with Gasteiger partial charge in [-0.3, -0.25) is 24.2 Å². The first-order valence-corrected chi connectivity index (χ1v) is 12.1. The molecule has 1 amide bonds. The van der Waals surface area contributed by atoms with Crippen molar-refractivity contribution in [2.45, 2.75) is 45.7 Å². The quantitative estimate of drug-likeness (QED) is 0.649. The van der Waals surface area contributed by atoms with Gasteiger partial charge < -0.3 is 10.1 Å².